The van der Waals surface area contributed by atoms with Crippen LogP contribution in [0.25, 0.3) is 0 Å². The van der Waals surface area contributed by atoms with E-state index in [2.05, 4.69) is 20.9 Å². The van der Waals surface area contributed by atoms with Crippen LogP contribution in [0.4, 0.5) is 5.69 Å². The van der Waals surface area contributed by atoms with Gasteiger partial charge >= 0.3 is 0 Å². The van der Waals surface area contributed by atoms with E-state index in [0.29, 0.717) is 19.6 Å². The molecule has 1 aromatic heterocycles. The second-order valence-electron chi connectivity index (χ2n) is 7.66. The third kappa shape index (κ3) is 4.61. The molecule has 2 saturated heterocycles. The first-order chi connectivity index (χ1) is 14.0. The summed E-state index contributed by atoms with van der Waals surface area (Å²) in [6.45, 7) is 3.70. The molecule has 6 nitrogen and oxygen atoms in total. The lowest BCUT2D eigenvalue weighted by Crippen LogP contribution is -2.44. The number of hydrogen-bond donors (Lipinski definition) is 0. The van der Waals surface area contributed by atoms with Crippen molar-refractivity contribution < 1.29 is 14.3 Å². The van der Waals surface area contributed by atoms with Gasteiger partial charge in [0.05, 0.1) is 12.1 Å². The third-order valence-electron chi connectivity index (χ3n) is 5.53. The summed E-state index contributed by atoms with van der Waals surface area (Å²) in [5, 5.41) is 0. The lowest BCUT2D eigenvalue weighted by molar-refractivity contribution is -0.137. The number of anilines is 1. The number of ether oxygens (including phenoxy) is 1. The Balaban J connectivity index is 1.31. The summed E-state index contributed by atoms with van der Waals surface area (Å²) in [4.78, 5) is 33.3. The second kappa shape index (κ2) is 8.53. The van der Waals surface area contributed by atoms with Gasteiger partial charge in [-0.05, 0) is 37.3 Å². The Morgan fingerprint density at radius 1 is 1.21 bits per heavy atom. The first-order valence-electron chi connectivity index (χ1n) is 9.93. The molecule has 0 bridgehead atoms. The van der Waals surface area contributed by atoms with E-state index in [0.717, 1.165) is 34.4 Å². The fourth-order valence-corrected chi connectivity index (χ4v) is 4.32. The molecule has 2 fully saturated rings. The molecule has 1 unspecified atom stereocenters. The number of amides is 2. The molecule has 2 aliphatic heterocycles. The number of aromatic nitrogens is 1. The molecule has 2 amide bonds. The number of nitrogens with zero attached hydrogens (tertiary/aromatic N) is 3. The highest BCUT2D eigenvalue weighted by atomic mass is 79.9. The van der Waals surface area contributed by atoms with E-state index in [1.165, 1.54) is 0 Å². The Bertz CT molecular complexity index is 894. The number of carbonyl (C=O) groups is 2. The Morgan fingerprint density at radius 2 is 2.00 bits per heavy atom. The van der Waals surface area contributed by atoms with Gasteiger partial charge in [-0.25, -0.2) is 0 Å². The molecule has 29 heavy (non-hydrogen) atoms. The predicted molar refractivity (Wildman–Crippen MR) is 114 cm³/mol. The minimum absolute atomic E-state index is 0.00606. The average Bonchev–Trinajstić information content (AvgIpc) is 3.11. The fourth-order valence-electron chi connectivity index (χ4n) is 3.94. The molecule has 4 rings (SSSR count). The lowest BCUT2D eigenvalue weighted by Gasteiger charge is -2.33. The van der Waals surface area contributed by atoms with Crippen LogP contribution in [-0.4, -0.2) is 47.4 Å². The Labute approximate surface area is 179 Å². The van der Waals surface area contributed by atoms with E-state index < -0.39 is 0 Å². The summed E-state index contributed by atoms with van der Waals surface area (Å²) >= 11 is 3.44. The van der Waals surface area contributed by atoms with Gasteiger partial charge in [-0.2, -0.15) is 0 Å². The second-order valence-corrected chi connectivity index (χ2v) is 8.58. The number of likely N-dealkylation sites (tertiary alicyclic amines) is 1. The first kappa shape index (κ1) is 19.9. The molecule has 0 N–H and O–H groups in total. The van der Waals surface area contributed by atoms with Crippen molar-refractivity contribution in [1.29, 1.82) is 0 Å². The SMILES string of the molecule is Cc1ccc(OC2CCN(C(=O)C3CC(=O)N(c4cccc(Br)c4)C3)CC2)cn1. The Morgan fingerprint density at radius 3 is 2.69 bits per heavy atom. The van der Waals surface area contributed by atoms with E-state index in [4.69, 9.17) is 4.74 Å². The van der Waals surface area contributed by atoms with E-state index >= 15 is 0 Å². The lowest BCUT2D eigenvalue weighted by atomic mass is 10.0. The number of aryl methyl sites for hydroxylation is 1. The molecular formula is C22H24BrN3O3. The summed E-state index contributed by atoms with van der Waals surface area (Å²) in [5.41, 5.74) is 1.79. The van der Waals surface area contributed by atoms with Gasteiger partial charge in [-0.1, -0.05) is 22.0 Å². The summed E-state index contributed by atoms with van der Waals surface area (Å²) < 4.78 is 6.92. The maximum absolute atomic E-state index is 13.0. The number of rotatable bonds is 4. The molecule has 2 aliphatic rings. The summed E-state index contributed by atoms with van der Waals surface area (Å²) in [5.74, 6) is 0.574. The molecule has 152 valence electrons. The Kier molecular flexibility index (Phi) is 5.85. The van der Waals surface area contributed by atoms with Gasteiger partial charge in [-0.15, -0.1) is 0 Å². The van der Waals surface area contributed by atoms with Crippen LogP contribution in [0.3, 0.4) is 0 Å². The number of pyridine rings is 1. The zero-order chi connectivity index (χ0) is 20.4. The highest BCUT2D eigenvalue weighted by Crippen LogP contribution is 2.29. The van der Waals surface area contributed by atoms with Crippen LogP contribution in [-0.2, 0) is 9.59 Å². The van der Waals surface area contributed by atoms with Crippen LogP contribution in [0.2, 0.25) is 0 Å². The van der Waals surface area contributed by atoms with Crippen LogP contribution in [0.15, 0.2) is 47.1 Å². The van der Waals surface area contributed by atoms with Crippen LogP contribution >= 0.6 is 15.9 Å². The predicted octanol–water partition coefficient (Wildman–Crippen LogP) is 3.58. The number of piperidine rings is 1. The van der Waals surface area contributed by atoms with Gasteiger partial charge in [-0.3, -0.25) is 14.6 Å². The Hall–Kier alpha value is -2.41. The van der Waals surface area contributed by atoms with E-state index in [1.807, 2.05) is 48.2 Å². The molecule has 7 heteroatoms. The van der Waals surface area contributed by atoms with E-state index in [9.17, 15) is 9.59 Å². The van der Waals surface area contributed by atoms with Crippen LogP contribution in [0.1, 0.15) is 25.0 Å². The summed E-state index contributed by atoms with van der Waals surface area (Å²) in [6.07, 6.45) is 3.68. The summed E-state index contributed by atoms with van der Waals surface area (Å²) in [6, 6.07) is 11.5. The van der Waals surface area contributed by atoms with Gasteiger partial charge in [0.2, 0.25) is 11.8 Å². The largest absolute Gasteiger partial charge is 0.489 e. The van der Waals surface area contributed by atoms with Crippen molar-refractivity contribution in [2.75, 3.05) is 24.5 Å². The molecule has 0 radical (unpaired) electrons. The van der Waals surface area contributed by atoms with Gasteiger partial charge in [0.1, 0.15) is 11.9 Å². The maximum Gasteiger partial charge on any atom is 0.228 e. The number of benzene rings is 1. The molecule has 1 aromatic carbocycles. The van der Waals surface area contributed by atoms with Crippen molar-refractivity contribution >= 4 is 33.4 Å². The molecule has 0 aliphatic carbocycles. The topological polar surface area (TPSA) is 62.7 Å². The minimum atomic E-state index is -0.278. The van der Waals surface area contributed by atoms with Crippen molar-refractivity contribution in [2.45, 2.75) is 32.3 Å². The molecular weight excluding hydrogens is 434 g/mol. The zero-order valence-corrected chi connectivity index (χ0v) is 18.0. The van der Waals surface area contributed by atoms with Gasteiger partial charge in [0.25, 0.3) is 0 Å². The molecule has 0 saturated carbocycles. The van der Waals surface area contributed by atoms with E-state index in [1.54, 1.807) is 11.1 Å². The average molecular weight is 458 g/mol. The highest BCUT2D eigenvalue weighted by molar-refractivity contribution is 9.10. The van der Waals surface area contributed by atoms with Crippen molar-refractivity contribution in [3.05, 3.63) is 52.8 Å². The summed E-state index contributed by atoms with van der Waals surface area (Å²) in [7, 11) is 0. The minimum Gasteiger partial charge on any atom is -0.489 e. The smallest absolute Gasteiger partial charge is 0.228 e. The quantitative estimate of drug-likeness (QED) is 0.703. The monoisotopic (exact) mass is 457 g/mol. The molecule has 3 heterocycles. The number of halogens is 1. The van der Waals surface area contributed by atoms with Crippen molar-refractivity contribution in [3.63, 3.8) is 0 Å². The van der Waals surface area contributed by atoms with Crippen LogP contribution in [0.5, 0.6) is 5.75 Å². The highest BCUT2D eigenvalue weighted by Gasteiger charge is 2.38. The first-order valence-corrected chi connectivity index (χ1v) is 10.7. The van der Waals surface area contributed by atoms with Gasteiger partial charge < -0.3 is 14.5 Å². The normalized spacial score (nSPS) is 20.2. The van der Waals surface area contributed by atoms with Crippen molar-refractivity contribution in [1.82, 2.24) is 9.88 Å². The maximum atomic E-state index is 13.0. The molecule has 2 aromatic rings. The van der Waals surface area contributed by atoms with Crippen molar-refractivity contribution in [3.8, 4) is 5.75 Å². The van der Waals surface area contributed by atoms with Crippen LogP contribution in [0, 0.1) is 12.8 Å². The zero-order valence-electron chi connectivity index (χ0n) is 16.4. The standard InChI is InChI=1S/C22H24BrN3O3/c1-15-5-6-20(13-24-15)29-19-7-9-25(10-8-19)22(28)16-11-21(27)26(14-16)18-4-2-3-17(23)12-18/h2-6,12-13,16,19H,7-11,14H2,1H3. The number of hydrogen-bond acceptors (Lipinski definition) is 4. The fraction of sp³-hybridized carbons (Fsp3) is 0.409. The van der Waals surface area contributed by atoms with Gasteiger partial charge in [0.15, 0.2) is 0 Å². The van der Waals surface area contributed by atoms with Gasteiger partial charge in [0, 0.05) is 54.8 Å². The van der Waals surface area contributed by atoms with E-state index in [-0.39, 0.29) is 30.3 Å². The van der Waals surface area contributed by atoms with Crippen LogP contribution < -0.4 is 9.64 Å². The number of carbonyl (C=O) groups excluding carboxylic acids is 2. The van der Waals surface area contributed by atoms with Crippen molar-refractivity contribution in [2.24, 2.45) is 5.92 Å². The molecule has 0 spiro atoms. The third-order valence-corrected chi connectivity index (χ3v) is 6.03. The molecule has 1 atom stereocenters.